The number of piperazine rings is 1. The molecule has 1 heterocycles. The highest BCUT2D eigenvalue weighted by Gasteiger charge is 2.14. The zero-order valence-corrected chi connectivity index (χ0v) is 9.55. The third-order valence-electron chi connectivity index (χ3n) is 2.61. The molecule has 0 aromatic rings. The Balaban J connectivity index is 2.15. The molecular formula is C12H22N2. The molecule has 1 aliphatic heterocycles. The Labute approximate surface area is 88.3 Å². The molecule has 80 valence electrons. The molecule has 2 heteroatoms. The van der Waals surface area contributed by atoms with Crippen LogP contribution in [0.3, 0.4) is 0 Å². The predicted molar refractivity (Wildman–Crippen MR) is 61.2 cm³/mol. The zero-order valence-electron chi connectivity index (χ0n) is 9.55. The van der Waals surface area contributed by atoms with Crippen LogP contribution in [0.15, 0.2) is 0 Å². The average Bonchev–Trinajstić information content (AvgIpc) is 2.21. The Morgan fingerprint density at radius 2 is 1.57 bits per heavy atom. The summed E-state index contributed by atoms with van der Waals surface area (Å²) in [5.41, 5.74) is 0. The van der Waals surface area contributed by atoms with E-state index in [9.17, 15) is 0 Å². The lowest BCUT2D eigenvalue weighted by atomic mass is 10.3. The zero-order chi connectivity index (χ0) is 10.2. The van der Waals surface area contributed by atoms with Crippen LogP contribution in [0.4, 0.5) is 0 Å². The lowest BCUT2D eigenvalue weighted by molar-refractivity contribution is 0.144. The van der Waals surface area contributed by atoms with Crippen LogP contribution >= 0.6 is 0 Å². The number of nitrogens with zero attached hydrogens (tertiary/aromatic N) is 2. The van der Waals surface area contributed by atoms with E-state index in [4.69, 9.17) is 0 Å². The quantitative estimate of drug-likeness (QED) is 0.627. The molecule has 0 radical (unpaired) electrons. The molecule has 0 amide bonds. The molecular weight excluding hydrogens is 172 g/mol. The largest absolute Gasteiger partial charge is 0.301 e. The van der Waals surface area contributed by atoms with Crippen LogP contribution in [0.2, 0.25) is 0 Å². The van der Waals surface area contributed by atoms with Crippen LogP contribution in [-0.2, 0) is 0 Å². The molecule has 1 saturated heterocycles. The smallest absolute Gasteiger partial charge is 0.0602 e. The van der Waals surface area contributed by atoms with Gasteiger partial charge in [-0.3, -0.25) is 4.90 Å². The third kappa shape index (κ3) is 4.13. The summed E-state index contributed by atoms with van der Waals surface area (Å²) in [5, 5.41) is 0. The molecule has 0 N–H and O–H groups in total. The van der Waals surface area contributed by atoms with Gasteiger partial charge in [0.2, 0.25) is 0 Å². The van der Waals surface area contributed by atoms with Crippen LogP contribution in [-0.4, -0.2) is 49.1 Å². The SMILES string of the molecule is CCC#CCN1CCN(CCC)CC1. The van der Waals surface area contributed by atoms with Gasteiger partial charge in [-0.25, -0.2) is 0 Å². The molecule has 0 aromatic heterocycles. The van der Waals surface area contributed by atoms with E-state index in [1.54, 1.807) is 0 Å². The van der Waals surface area contributed by atoms with Gasteiger partial charge in [0, 0.05) is 32.6 Å². The minimum Gasteiger partial charge on any atom is -0.301 e. The normalized spacial score (nSPS) is 19.0. The predicted octanol–water partition coefficient (Wildman–Crippen LogP) is 1.43. The van der Waals surface area contributed by atoms with Crippen molar-refractivity contribution in [3.8, 4) is 11.8 Å². The highest BCUT2D eigenvalue weighted by molar-refractivity contribution is 5.00. The first kappa shape index (κ1) is 11.6. The van der Waals surface area contributed by atoms with E-state index in [2.05, 4.69) is 35.5 Å². The first-order valence-corrected chi connectivity index (χ1v) is 5.77. The number of hydrogen-bond donors (Lipinski definition) is 0. The molecule has 0 aromatic carbocycles. The molecule has 0 saturated carbocycles. The second-order valence-electron chi connectivity index (χ2n) is 3.82. The van der Waals surface area contributed by atoms with Crippen LogP contribution < -0.4 is 0 Å². The van der Waals surface area contributed by atoms with E-state index in [1.165, 1.54) is 39.1 Å². The summed E-state index contributed by atoms with van der Waals surface area (Å²) in [7, 11) is 0. The van der Waals surface area contributed by atoms with Crippen molar-refractivity contribution in [3.63, 3.8) is 0 Å². The van der Waals surface area contributed by atoms with E-state index in [0.29, 0.717) is 0 Å². The molecule has 0 aliphatic carbocycles. The lowest BCUT2D eigenvalue weighted by Gasteiger charge is -2.33. The monoisotopic (exact) mass is 194 g/mol. The minimum atomic E-state index is 0.966. The number of rotatable bonds is 3. The second kappa shape index (κ2) is 6.86. The van der Waals surface area contributed by atoms with E-state index in [1.807, 2.05) is 0 Å². The van der Waals surface area contributed by atoms with Crippen molar-refractivity contribution in [1.82, 2.24) is 9.80 Å². The molecule has 2 nitrogen and oxygen atoms in total. The summed E-state index contributed by atoms with van der Waals surface area (Å²) in [6.07, 6.45) is 2.26. The summed E-state index contributed by atoms with van der Waals surface area (Å²) in [6, 6.07) is 0. The Bertz CT molecular complexity index is 194. The van der Waals surface area contributed by atoms with Gasteiger partial charge in [0.1, 0.15) is 0 Å². The Morgan fingerprint density at radius 3 is 2.14 bits per heavy atom. The molecule has 0 spiro atoms. The molecule has 14 heavy (non-hydrogen) atoms. The second-order valence-corrected chi connectivity index (χ2v) is 3.82. The van der Waals surface area contributed by atoms with Crippen molar-refractivity contribution in [1.29, 1.82) is 0 Å². The van der Waals surface area contributed by atoms with Crippen molar-refractivity contribution < 1.29 is 0 Å². The maximum absolute atomic E-state index is 3.21. The summed E-state index contributed by atoms with van der Waals surface area (Å²) in [5.74, 6) is 6.34. The van der Waals surface area contributed by atoms with Gasteiger partial charge in [-0.15, -0.1) is 5.92 Å². The fourth-order valence-electron chi connectivity index (χ4n) is 1.78. The van der Waals surface area contributed by atoms with E-state index < -0.39 is 0 Å². The lowest BCUT2D eigenvalue weighted by Crippen LogP contribution is -2.46. The third-order valence-corrected chi connectivity index (χ3v) is 2.61. The van der Waals surface area contributed by atoms with Gasteiger partial charge in [0.15, 0.2) is 0 Å². The van der Waals surface area contributed by atoms with Gasteiger partial charge in [-0.2, -0.15) is 0 Å². The van der Waals surface area contributed by atoms with Gasteiger partial charge in [0.25, 0.3) is 0 Å². The van der Waals surface area contributed by atoms with Gasteiger partial charge < -0.3 is 4.90 Å². The fraction of sp³-hybridized carbons (Fsp3) is 0.833. The van der Waals surface area contributed by atoms with E-state index >= 15 is 0 Å². The van der Waals surface area contributed by atoms with Gasteiger partial charge in [-0.1, -0.05) is 19.8 Å². The Morgan fingerprint density at radius 1 is 0.929 bits per heavy atom. The minimum absolute atomic E-state index is 0.966. The van der Waals surface area contributed by atoms with Gasteiger partial charge in [0.05, 0.1) is 6.54 Å². The summed E-state index contributed by atoms with van der Waals surface area (Å²) >= 11 is 0. The van der Waals surface area contributed by atoms with Gasteiger partial charge in [-0.05, 0) is 13.0 Å². The van der Waals surface area contributed by atoms with E-state index in [-0.39, 0.29) is 0 Å². The van der Waals surface area contributed by atoms with Crippen LogP contribution in [0.5, 0.6) is 0 Å². The average molecular weight is 194 g/mol. The fourth-order valence-corrected chi connectivity index (χ4v) is 1.78. The maximum Gasteiger partial charge on any atom is 0.0602 e. The Hall–Kier alpha value is -0.520. The molecule has 1 rings (SSSR count). The number of hydrogen-bond acceptors (Lipinski definition) is 2. The molecule has 1 aliphatic rings. The molecule has 0 unspecified atom stereocenters. The summed E-state index contributed by atoms with van der Waals surface area (Å²) in [4.78, 5) is 5.00. The van der Waals surface area contributed by atoms with E-state index in [0.717, 1.165) is 13.0 Å². The van der Waals surface area contributed by atoms with Crippen molar-refractivity contribution in [3.05, 3.63) is 0 Å². The highest BCUT2D eigenvalue weighted by Crippen LogP contribution is 2.01. The van der Waals surface area contributed by atoms with Crippen molar-refractivity contribution >= 4 is 0 Å². The van der Waals surface area contributed by atoms with Crippen molar-refractivity contribution in [2.75, 3.05) is 39.3 Å². The topological polar surface area (TPSA) is 6.48 Å². The summed E-state index contributed by atoms with van der Waals surface area (Å²) < 4.78 is 0. The first-order chi connectivity index (χ1) is 6.86. The maximum atomic E-state index is 3.21. The highest BCUT2D eigenvalue weighted by atomic mass is 15.3. The summed E-state index contributed by atoms with van der Waals surface area (Å²) in [6.45, 7) is 11.4. The van der Waals surface area contributed by atoms with Gasteiger partial charge >= 0.3 is 0 Å². The molecule has 0 atom stereocenters. The first-order valence-electron chi connectivity index (χ1n) is 5.77. The molecule has 1 fully saturated rings. The van der Waals surface area contributed by atoms with Crippen LogP contribution in [0.25, 0.3) is 0 Å². The standard InChI is InChI=1S/C12H22N2/c1-3-5-6-8-14-11-9-13(7-4-2)10-12-14/h3-4,7-12H2,1-2H3. The van der Waals surface area contributed by atoms with Crippen LogP contribution in [0, 0.1) is 11.8 Å². The van der Waals surface area contributed by atoms with Crippen molar-refractivity contribution in [2.24, 2.45) is 0 Å². The Kier molecular flexibility index (Phi) is 5.66. The molecule has 0 bridgehead atoms. The van der Waals surface area contributed by atoms with Crippen molar-refractivity contribution in [2.45, 2.75) is 26.7 Å². The van der Waals surface area contributed by atoms with Crippen LogP contribution in [0.1, 0.15) is 26.7 Å².